The second kappa shape index (κ2) is 8.74. The predicted octanol–water partition coefficient (Wildman–Crippen LogP) is 2.88. The van der Waals surface area contributed by atoms with Crippen LogP contribution < -0.4 is 9.64 Å². The summed E-state index contributed by atoms with van der Waals surface area (Å²) in [5.74, 6) is -0.296. The number of anilines is 1. The Balaban J connectivity index is 1.54. The fraction of sp³-hybridized carbons (Fsp3) is 0.278. The number of carbonyl (C=O) groups excluding carboxylic acids is 1. The third-order valence-corrected chi connectivity index (χ3v) is 4.76. The summed E-state index contributed by atoms with van der Waals surface area (Å²) in [5, 5.41) is 22.0. The molecule has 10 nitrogen and oxygen atoms in total. The molecule has 29 heavy (non-hydrogen) atoms. The van der Waals surface area contributed by atoms with Gasteiger partial charge in [-0.2, -0.15) is 0 Å². The predicted molar refractivity (Wildman–Crippen MR) is 105 cm³/mol. The van der Waals surface area contributed by atoms with Gasteiger partial charge in [-0.05, 0) is 24.3 Å². The summed E-state index contributed by atoms with van der Waals surface area (Å²) in [7, 11) is 0. The second-order valence-corrected chi connectivity index (χ2v) is 6.74. The lowest BCUT2D eigenvalue weighted by molar-refractivity contribution is -0.385. The van der Waals surface area contributed by atoms with Crippen LogP contribution >= 0.6 is 11.6 Å². The molecule has 2 aromatic rings. The number of halogens is 1. The normalized spacial score (nSPS) is 13.8. The first-order chi connectivity index (χ1) is 13.8. The van der Waals surface area contributed by atoms with Gasteiger partial charge in [-0.3, -0.25) is 25.0 Å². The summed E-state index contributed by atoms with van der Waals surface area (Å²) in [6.45, 7) is 1.69. The molecule has 0 spiro atoms. The van der Waals surface area contributed by atoms with Crippen LogP contribution in [0, 0.1) is 20.2 Å². The number of ether oxygens (including phenoxy) is 1. The maximum absolute atomic E-state index is 12.4. The van der Waals surface area contributed by atoms with E-state index in [0.29, 0.717) is 26.2 Å². The van der Waals surface area contributed by atoms with E-state index in [1.807, 2.05) is 4.90 Å². The number of benzene rings is 2. The van der Waals surface area contributed by atoms with Crippen molar-refractivity contribution in [3.63, 3.8) is 0 Å². The van der Waals surface area contributed by atoms with Gasteiger partial charge < -0.3 is 14.5 Å². The molecule has 0 saturated carbocycles. The van der Waals surface area contributed by atoms with Gasteiger partial charge in [0.05, 0.1) is 9.85 Å². The number of non-ortho nitro benzene ring substituents is 1. The van der Waals surface area contributed by atoms with Gasteiger partial charge in [-0.25, -0.2) is 0 Å². The van der Waals surface area contributed by atoms with Crippen molar-refractivity contribution in [3.8, 4) is 5.75 Å². The number of hydrogen-bond acceptors (Lipinski definition) is 7. The second-order valence-electron chi connectivity index (χ2n) is 6.30. The summed E-state index contributed by atoms with van der Waals surface area (Å²) in [4.78, 5) is 36.8. The van der Waals surface area contributed by atoms with Crippen LogP contribution in [0.2, 0.25) is 5.02 Å². The van der Waals surface area contributed by atoms with Crippen molar-refractivity contribution < 1.29 is 19.4 Å². The molecule has 3 rings (SSSR count). The van der Waals surface area contributed by atoms with E-state index in [1.165, 1.54) is 30.3 Å². The third-order valence-electron chi connectivity index (χ3n) is 4.53. The molecule has 1 fully saturated rings. The van der Waals surface area contributed by atoms with E-state index in [4.69, 9.17) is 16.3 Å². The molecule has 152 valence electrons. The Hall–Kier alpha value is -3.40. The average molecular weight is 421 g/mol. The van der Waals surface area contributed by atoms with E-state index in [0.717, 1.165) is 5.69 Å². The first-order valence-corrected chi connectivity index (χ1v) is 9.07. The van der Waals surface area contributed by atoms with E-state index >= 15 is 0 Å². The number of nitrogens with zero attached hydrogens (tertiary/aromatic N) is 4. The highest BCUT2D eigenvalue weighted by Crippen LogP contribution is 2.30. The zero-order valence-electron chi connectivity index (χ0n) is 15.2. The molecule has 1 amide bonds. The smallest absolute Gasteiger partial charge is 0.312 e. The number of nitro benzene ring substituents is 2. The molecule has 0 N–H and O–H groups in total. The van der Waals surface area contributed by atoms with Crippen LogP contribution in [0.25, 0.3) is 0 Å². The Morgan fingerprint density at radius 2 is 1.66 bits per heavy atom. The number of piperazine rings is 1. The van der Waals surface area contributed by atoms with Gasteiger partial charge in [-0.1, -0.05) is 11.6 Å². The lowest BCUT2D eigenvalue weighted by Gasteiger charge is -2.36. The van der Waals surface area contributed by atoms with Gasteiger partial charge in [0.2, 0.25) is 0 Å². The van der Waals surface area contributed by atoms with Crippen molar-refractivity contribution in [2.45, 2.75) is 0 Å². The quantitative estimate of drug-likeness (QED) is 0.520. The highest BCUT2D eigenvalue weighted by atomic mass is 35.5. The van der Waals surface area contributed by atoms with E-state index in [1.54, 1.807) is 17.0 Å². The maximum Gasteiger partial charge on any atom is 0.312 e. The molecule has 0 unspecified atom stereocenters. The van der Waals surface area contributed by atoms with Gasteiger partial charge in [0.15, 0.2) is 12.4 Å². The largest absolute Gasteiger partial charge is 0.477 e. The van der Waals surface area contributed by atoms with Crippen LogP contribution in [0.1, 0.15) is 0 Å². The first-order valence-electron chi connectivity index (χ1n) is 8.69. The van der Waals surface area contributed by atoms with Crippen LogP contribution in [0.4, 0.5) is 17.1 Å². The monoisotopic (exact) mass is 420 g/mol. The summed E-state index contributed by atoms with van der Waals surface area (Å²) >= 11 is 5.76. The van der Waals surface area contributed by atoms with Crippen molar-refractivity contribution in [2.75, 3.05) is 37.7 Å². The van der Waals surface area contributed by atoms with Crippen molar-refractivity contribution in [3.05, 3.63) is 67.7 Å². The maximum atomic E-state index is 12.4. The molecule has 0 atom stereocenters. The molecule has 1 aliphatic rings. The fourth-order valence-corrected chi connectivity index (χ4v) is 3.15. The van der Waals surface area contributed by atoms with Crippen molar-refractivity contribution >= 4 is 34.6 Å². The number of amides is 1. The van der Waals surface area contributed by atoms with Gasteiger partial charge in [0.1, 0.15) is 0 Å². The van der Waals surface area contributed by atoms with Crippen molar-refractivity contribution in [1.82, 2.24) is 4.90 Å². The van der Waals surface area contributed by atoms with Crippen LogP contribution in [-0.2, 0) is 4.79 Å². The highest BCUT2D eigenvalue weighted by Gasteiger charge is 2.23. The molecule has 1 heterocycles. The molecule has 11 heteroatoms. The molecular formula is C18H17ClN4O6. The van der Waals surface area contributed by atoms with Gasteiger partial charge in [0, 0.05) is 55.1 Å². The standard InChI is InChI=1S/C18H17ClN4O6/c19-13-1-6-17(16(11-13)23(27)28)29-12-18(24)21-9-7-20(8-10-21)14-2-4-15(5-3-14)22(25)26/h1-6,11H,7-10,12H2. The number of hydrogen-bond donors (Lipinski definition) is 0. The van der Waals surface area contributed by atoms with Crippen LogP contribution in [0.5, 0.6) is 5.75 Å². The Kier molecular flexibility index (Phi) is 6.13. The molecule has 1 aliphatic heterocycles. The van der Waals surface area contributed by atoms with Gasteiger partial charge >= 0.3 is 5.69 Å². The third kappa shape index (κ3) is 4.91. The highest BCUT2D eigenvalue weighted by molar-refractivity contribution is 6.30. The molecule has 0 aromatic heterocycles. The minimum atomic E-state index is -0.616. The van der Waals surface area contributed by atoms with Crippen molar-refractivity contribution in [1.29, 1.82) is 0 Å². The minimum Gasteiger partial charge on any atom is -0.477 e. The summed E-state index contributed by atoms with van der Waals surface area (Å²) in [5.41, 5.74) is 0.569. The molecule has 2 aromatic carbocycles. The van der Waals surface area contributed by atoms with Gasteiger partial charge in [-0.15, -0.1) is 0 Å². The van der Waals surface area contributed by atoms with E-state index < -0.39 is 9.85 Å². The first kappa shape index (κ1) is 20.3. The van der Waals surface area contributed by atoms with E-state index in [9.17, 15) is 25.0 Å². The molecule has 0 radical (unpaired) electrons. The SMILES string of the molecule is O=C(COc1ccc(Cl)cc1[N+](=O)[O-])N1CCN(c2ccc([N+](=O)[O-])cc2)CC1. The number of rotatable bonds is 6. The molecule has 0 bridgehead atoms. The van der Waals surface area contributed by atoms with Crippen LogP contribution in [-0.4, -0.2) is 53.4 Å². The molecule has 0 aliphatic carbocycles. The Morgan fingerprint density at radius 1 is 1.00 bits per heavy atom. The van der Waals surface area contributed by atoms with E-state index in [2.05, 4.69) is 0 Å². The summed E-state index contributed by atoms with van der Waals surface area (Å²) in [6.07, 6.45) is 0. The Labute approximate surface area is 170 Å². The summed E-state index contributed by atoms with van der Waals surface area (Å²) in [6, 6.07) is 10.2. The Morgan fingerprint density at radius 3 is 2.24 bits per heavy atom. The lowest BCUT2D eigenvalue weighted by Crippen LogP contribution is -2.50. The van der Waals surface area contributed by atoms with Crippen molar-refractivity contribution in [2.24, 2.45) is 0 Å². The Bertz CT molecular complexity index is 928. The zero-order chi connectivity index (χ0) is 21.0. The molecular weight excluding hydrogens is 404 g/mol. The lowest BCUT2D eigenvalue weighted by atomic mass is 10.2. The summed E-state index contributed by atoms with van der Waals surface area (Å²) < 4.78 is 5.35. The average Bonchev–Trinajstić information content (AvgIpc) is 2.72. The zero-order valence-corrected chi connectivity index (χ0v) is 15.9. The number of nitro groups is 2. The fourth-order valence-electron chi connectivity index (χ4n) is 2.99. The number of carbonyl (C=O) groups is 1. The topological polar surface area (TPSA) is 119 Å². The molecule has 1 saturated heterocycles. The van der Waals surface area contributed by atoms with Crippen LogP contribution in [0.3, 0.4) is 0 Å². The minimum absolute atomic E-state index is 0.0164. The van der Waals surface area contributed by atoms with Crippen LogP contribution in [0.15, 0.2) is 42.5 Å². The van der Waals surface area contributed by atoms with Gasteiger partial charge in [0.25, 0.3) is 11.6 Å². The van der Waals surface area contributed by atoms with E-state index in [-0.39, 0.29) is 34.7 Å².